The minimum absolute atomic E-state index is 0.129. The summed E-state index contributed by atoms with van der Waals surface area (Å²) in [4.78, 5) is 0. The fourth-order valence-electron chi connectivity index (χ4n) is 2.48. The highest BCUT2D eigenvalue weighted by Gasteiger charge is 2.16. The molecule has 1 aromatic carbocycles. The van der Waals surface area contributed by atoms with Crippen molar-refractivity contribution in [3.63, 3.8) is 0 Å². The Hall–Kier alpha value is -1.81. The van der Waals surface area contributed by atoms with Gasteiger partial charge in [0.05, 0.1) is 18.3 Å². The molecule has 0 bridgehead atoms. The Balaban J connectivity index is 2.26. The lowest BCUT2D eigenvalue weighted by Gasteiger charge is -2.19. The standard InChI is InChI=1S/C17H25N3O/c1-4-11-20-16(9-10-19-20)17(18-3)14-7-6-8-15(13-14)21-12-5-2/h6-10,13,17-18H,4-5,11-12H2,1-3H3. The van der Waals surface area contributed by atoms with Gasteiger partial charge in [0, 0.05) is 12.7 Å². The van der Waals surface area contributed by atoms with E-state index in [9.17, 15) is 0 Å². The molecule has 2 rings (SSSR count). The van der Waals surface area contributed by atoms with Crippen LogP contribution in [0.15, 0.2) is 36.5 Å². The Morgan fingerprint density at radius 3 is 2.81 bits per heavy atom. The van der Waals surface area contributed by atoms with E-state index in [1.807, 2.05) is 25.4 Å². The van der Waals surface area contributed by atoms with E-state index in [-0.39, 0.29) is 6.04 Å². The Labute approximate surface area is 127 Å². The maximum Gasteiger partial charge on any atom is 0.119 e. The van der Waals surface area contributed by atoms with E-state index >= 15 is 0 Å². The van der Waals surface area contributed by atoms with Crippen LogP contribution in [0.1, 0.15) is 44.0 Å². The lowest BCUT2D eigenvalue weighted by atomic mass is 10.0. The summed E-state index contributed by atoms with van der Waals surface area (Å²) in [6.07, 6.45) is 3.96. The molecule has 1 atom stereocenters. The molecule has 0 saturated carbocycles. The number of benzene rings is 1. The molecule has 0 saturated heterocycles. The van der Waals surface area contributed by atoms with Crippen molar-refractivity contribution >= 4 is 0 Å². The molecule has 21 heavy (non-hydrogen) atoms. The molecular weight excluding hydrogens is 262 g/mol. The molecule has 0 amide bonds. The van der Waals surface area contributed by atoms with Crippen molar-refractivity contribution in [3.05, 3.63) is 47.8 Å². The summed E-state index contributed by atoms with van der Waals surface area (Å²) in [6, 6.07) is 10.5. The van der Waals surface area contributed by atoms with Crippen molar-refractivity contribution in [3.8, 4) is 5.75 Å². The predicted molar refractivity (Wildman–Crippen MR) is 85.6 cm³/mol. The molecule has 4 nitrogen and oxygen atoms in total. The first-order valence-corrected chi connectivity index (χ1v) is 7.71. The first kappa shape index (κ1) is 15.6. The normalized spacial score (nSPS) is 12.3. The number of hydrogen-bond donors (Lipinski definition) is 1. The minimum atomic E-state index is 0.129. The number of ether oxygens (including phenoxy) is 1. The molecular formula is C17H25N3O. The zero-order valence-electron chi connectivity index (χ0n) is 13.2. The molecule has 1 unspecified atom stereocenters. The van der Waals surface area contributed by atoms with Gasteiger partial charge in [-0.25, -0.2) is 0 Å². The van der Waals surface area contributed by atoms with Gasteiger partial charge in [-0.15, -0.1) is 0 Å². The van der Waals surface area contributed by atoms with E-state index in [1.54, 1.807) is 0 Å². The Morgan fingerprint density at radius 2 is 2.10 bits per heavy atom. The van der Waals surface area contributed by atoms with E-state index in [1.165, 1.54) is 11.3 Å². The molecule has 0 aliphatic rings. The van der Waals surface area contributed by atoms with Crippen molar-refractivity contribution in [2.75, 3.05) is 13.7 Å². The maximum atomic E-state index is 5.74. The summed E-state index contributed by atoms with van der Waals surface area (Å²) < 4.78 is 7.81. The summed E-state index contributed by atoms with van der Waals surface area (Å²) in [5, 5.41) is 7.80. The van der Waals surface area contributed by atoms with Crippen LogP contribution in [0.2, 0.25) is 0 Å². The van der Waals surface area contributed by atoms with Crippen molar-refractivity contribution in [1.82, 2.24) is 15.1 Å². The van der Waals surface area contributed by atoms with Gasteiger partial charge in [-0.3, -0.25) is 4.68 Å². The monoisotopic (exact) mass is 287 g/mol. The molecule has 0 spiro atoms. The summed E-state index contributed by atoms with van der Waals surface area (Å²) in [5.74, 6) is 0.927. The fourth-order valence-corrected chi connectivity index (χ4v) is 2.48. The van der Waals surface area contributed by atoms with Crippen LogP contribution in [0.5, 0.6) is 5.75 Å². The van der Waals surface area contributed by atoms with E-state index in [0.717, 1.165) is 31.7 Å². The van der Waals surface area contributed by atoms with Crippen LogP contribution in [0.3, 0.4) is 0 Å². The highest BCUT2D eigenvalue weighted by molar-refractivity contribution is 5.34. The van der Waals surface area contributed by atoms with Gasteiger partial charge in [-0.2, -0.15) is 5.10 Å². The van der Waals surface area contributed by atoms with Gasteiger partial charge in [0.1, 0.15) is 5.75 Å². The van der Waals surface area contributed by atoms with E-state index in [4.69, 9.17) is 4.74 Å². The van der Waals surface area contributed by atoms with Crippen molar-refractivity contribution < 1.29 is 4.74 Å². The Morgan fingerprint density at radius 1 is 1.24 bits per heavy atom. The van der Waals surface area contributed by atoms with Crippen molar-refractivity contribution in [1.29, 1.82) is 0 Å². The summed E-state index contributed by atoms with van der Waals surface area (Å²) in [6.45, 7) is 5.97. The van der Waals surface area contributed by atoms with Crippen LogP contribution in [0.25, 0.3) is 0 Å². The number of rotatable bonds is 8. The van der Waals surface area contributed by atoms with E-state index in [0.29, 0.717) is 0 Å². The Kier molecular flexibility index (Phi) is 5.81. The van der Waals surface area contributed by atoms with Crippen LogP contribution < -0.4 is 10.1 Å². The molecule has 0 radical (unpaired) electrons. The number of nitrogens with one attached hydrogen (secondary N) is 1. The van der Waals surface area contributed by atoms with Crippen LogP contribution >= 0.6 is 0 Å². The second-order valence-electron chi connectivity index (χ2n) is 5.12. The maximum absolute atomic E-state index is 5.74. The number of hydrogen-bond acceptors (Lipinski definition) is 3. The van der Waals surface area contributed by atoms with Gasteiger partial charge in [0.15, 0.2) is 0 Å². The highest BCUT2D eigenvalue weighted by atomic mass is 16.5. The average Bonchev–Trinajstić information content (AvgIpc) is 2.95. The van der Waals surface area contributed by atoms with Crippen LogP contribution in [-0.4, -0.2) is 23.4 Å². The molecule has 1 aromatic heterocycles. The highest BCUT2D eigenvalue weighted by Crippen LogP contribution is 2.25. The van der Waals surface area contributed by atoms with Crippen LogP contribution in [-0.2, 0) is 6.54 Å². The van der Waals surface area contributed by atoms with Gasteiger partial charge in [-0.1, -0.05) is 26.0 Å². The summed E-state index contributed by atoms with van der Waals surface area (Å²) >= 11 is 0. The van der Waals surface area contributed by atoms with Gasteiger partial charge in [0.2, 0.25) is 0 Å². The third kappa shape index (κ3) is 3.85. The van der Waals surface area contributed by atoms with Gasteiger partial charge < -0.3 is 10.1 Å². The molecule has 0 fully saturated rings. The van der Waals surface area contributed by atoms with Gasteiger partial charge in [0.25, 0.3) is 0 Å². The lowest BCUT2D eigenvalue weighted by Crippen LogP contribution is -2.21. The van der Waals surface area contributed by atoms with Gasteiger partial charge >= 0.3 is 0 Å². The number of aromatic nitrogens is 2. The molecule has 114 valence electrons. The first-order chi connectivity index (χ1) is 10.3. The van der Waals surface area contributed by atoms with Crippen molar-refractivity contribution in [2.24, 2.45) is 0 Å². The largest absolute Gasteiger partial charge is 0.494 e. The summed E-state index contributed by atoms with van der Waals surface area (Å²) in [7, 11) is 1.98. The number of aryl methyl sites for hydroxylation is 1. The molecule has 4 heteroatoms. The third-order valence-corrected chi connectivity index (χ3v) is 3.43. The predicted octanol–water partition coefficient (Wildman–Crippen LogP) is 3.39. The zero-order chi connectivity index (χ0) is 15.1. The fraction of sp³-hybridized carbons (Fsp3) is 0.471. The molecule has 0 aliphatic carbocycles. The summed E-state index contributed by atoms with van der Waals surface area (Å²) in [5.41, 5.74) is 2.39. The van der Waals surface area contributed by atoms with Crippen LogP contribution in [0, 0.1) is 0 Å². The van der Waals surface area contributed by atoms with E-state index < -0.39 is 0 Å². The molecule has 1 N–H and O–H groups in total. The Bertz CT molecular complexity index is 550. The second-order valence-corrected chi connectivity index (χ2v) is 5.12. The zero-order valence-corrected chi connectivity index (χ0v) is 13.2. The second kappa shape index (κ2) is 7.84. The molecule has 0 aliphatic heterocycles. The van der Waals surface area contributed by atoms with E-state index in [2.05, 4.69) is 47.1 Å². The molecule has 1 heterocycles. The smallest absolute Gasteiger partial charge is 0.119 e. The molecule has 2 aromatic rings. The average molecular weight is 287 g/mol. The van der Waals surface area contributed by atoms with Crippen molar-refractivity contribution in [2.45, 2.75) is 39.3 Å². The minimum Gasteiger partial charge on any atom is -0.494 e. The topological polar surface area (TPSA) is 39.1 Å². The first-order valence-electron chi connectivity index (χ1n) is 7.71. The van der Waals surface area contributed by atoms with Crippen LogP contribution in [0.4, 0.5) is 0 Å². The van der Waals surface area contributed by atoms with Gasteiger partial charge in [-0.05, 0) is 43.7 Å². The number of nitrogens with zero attached hydrogens (tertiary/aromatic N) is 2. The SMILES string of the molecule is CCCOc1cccc(C(NC)c2ccnn2CCC)c1. The lowest BCUT2D eigenvalue weighted by molar-refractivity contribution is 0.317. The quantitative estimate of drug-likeness (QED) is 0.809. The third-order valence-electron chi connectivity index (χ3n) is 3.43.